The van der Waals surface area contributed by atoms with Gasteiger partial charge >= 0.3 is 12.3 Å². The second-order valence-electron chi connectivity index (χ2n) is 7.86. The topological polar surface area (TPSA) is 95.9 Å². The van der Waals surface area contributed by atoms with Gasteiger partial charge in [0, 0.05) is 10.4 Å². The number of likely N-dealkylation sites (tertiary alicyclic amines) is 1. The van der Waals surface area contributed by atoms with E-state index in [4.69, 9.17) is 0 Å². The van der Waals surface area contributed by atoms with E-state index in [1.54, 1.807) is 17.9 Å². The van der Waals surface area contributed by atoms with Gasteiger partial charge in [-0.1, -0.05) is 13.8 Å². The first-order chi connectivity index (χ1) is 16.0. The van der Waals surface area contributed by atoms with Crippen molar-refractivity contribution in [3.05, 3.63) is 46.3 Å². The molecule has 1 aromatic heterocycles. The molecule has 1 aliphatic rings. The van der Waals surface area contributed by atoms with E-state index in [-0.39, 0.29) is 11.1 Å². The third kappa shape index (κ3) is 5.95. The lowest BCUT2D eigenvalue weighted by Gasteiger charge is -2.29. The standard InChI is InChI=1S/C23H25F3N2O5S/c1-3-15-12-16(19(29)13-7-9-14(10-8-13)33-23(24,25)26)21(34-15)27-20(30)17(4-2)28-11-5-6-18(28)22(31)32/h7-10,12,17-18H,3-6,11H2,1-2H3,(H,27,30)(H,31,32). The fourth-order valence-electron chi connectivity index (χ4n) is 4.03. The summed E-state index contributed by atoms with van der Waals surface area (Å²) >= 11 is 1.24. The number of hydrogen-bond acceptors (Lipinski definition) is 6. The second-order valence-corrected chi connectivity index (χ2v) is 8.99. The van der Waals surface area contributed by atoms with Gasteiger partial charge in [0.15, 0.2) is 5.78 Å². The molecule has 1 aromatic carbocycles. The van der Waals surface area contributed by atoms with Gasteiger partial charge in [-0.25, -0.2) is 0 Å². The molecular weight excluding hydrogens is 473 g/mol. The summed E-state index contributed by atoms with van der Waals surface area (Å²) in [4.78, 5) is 40.3. The smallest absolute Gasteiger partial charge is 0.480 e. The predicted octanol–water partition coefficient (Wildman–Crippen LogP) is 4.71. The molecule has 0 bridgehead atoms. The van der Waals surface area contributed by atoms with Crippen LogP contribution in [0.25, 0.3) is 0 Å². The van der Waals surface area contributed by atoms with Crippen molar-refractivity contribution in [2.24, 2.45) is 0 Å². The first-order valence-corrected chi connectivity index (χ1v) is 11.7. The molecule has 184 valence electrons. The van der Waals surface area contributed by atoms with Gasteiger partial charge in [0.1, 0.15) is 16.8 Å². The Kier molecular flexibility index (Phi) is 7.98. The highest BCUT2D eigenvalue weighted by molar-refractivity contribution is 7.16. The van der Waals surface area contributed by atoms with Crippen molar-refractivity contribution in [1.82, 2.24) is 4.90 Å². The van der Waals surface area contributed by atoms with Crippen LogP contribution < -0.4 is 10.1 Å². The molecule has 1 amide bonds. The number of aliphatic carboxylic acids is 1. The SMILES string of the molecule is CCc1cc(C(=O)c2ccc(OC(F)(F)F)cc2)c(NC(=O)C(CC)N2CCCC2C(=O)O)s1. The summed E-state index contributed by atoms with van der Waals surface area (Å²) < 4.78 is 41.0. The number of benzene rings is 1. The minimum absolute atomic E-state index is 0.142. The summed E-state index contributed by atoms with van der Waals surface area (Å²) in [7, 11) is 0. The minimum atomic E-state index is -4.84. The first kappa shape index (κ1) is 25.7. The van der Waals surface area contributed by atoms with Crippen LogP contribution in [0.3, 0.4) is 0 Å². The molecule has 2 aromatic rings. The van der Waals surface area contributed by atoms with Crippen molar-refractivity contribution in [1.29, 1.82) is 0 Å². The number of carbonyl (C=O) groups excluding carboxylic acids is 2. The molecule has 7 nitrogen and oxygen atoms in total. The van der Waals surface area contributed by atoms with Gasteiger partial charge in [-0.3, -0.25) is 19.3 Å². The number of thiophene rings is 1. The lowest BCUT2D eigenvalue weighted by Crippen LogP contribution is -2.48. The molecule has 2 heterocycles. The van der Waals surface area contributed by atoms with Gasteiger partial charge in [-0.15, -0.1) is 24.5 Å². The maximum absolute atomic E-state index is 13.1. The largest absolute Gasteiger partial charge is 0.573 e. The van der Waals surface area contributed by atoms with Gasteiger partial charge in [-0.05, 0) is 62.6 Å². The Bertz CT molecular complexity index is 1050. The van der Waals surface area contributed by atoms with Gasteiger partial charge in [0.25, 0.3) is 0 Å². The molecule has 0 aliphatic carbocycles. The zero-order chi connectivity index (χ0) is 25.0. The van der Waals surface area contributed by atoms with E-state index < -0.39 is 41.9 Å². The van der Waals surface area contributed by atoms with E-state index in [0.29, 0.717) is 37.2 Å². The molecule has 1 saturated heterocycles. The minimum Gasteiger partial charge on any atom is -0.480 e. The molecule has 2 unspecified atom stereocenters. The molecule has 34 heavy (non-hydrogen) atoms. The summed E-state index contributed by atoms with van der Waals surface area (Å²) in [6.45, 7) is 4.18. The molecule has 2 N–H and O–H groups in total. The molecule has 0 spiro atoms. The number of carbonyl (C=O) groups is 3. The van der Waals surface area contributed by atoms with E-state index in [1.165, 1.54) is 23.5 Å². The van der Waals surface area contributed by atoms with Gasteiger partial charge in [-0.2, -0.15) is 0 Å². The molecule has 1 fully saturated rings. The third-order valence-electron chi connectivity index (χ3n) is 5.63. The van der Waals surface area contributed by atoms with E-state index in [2.05, 4.69) is 10.1 Å². The normalized spacial score (nSPS) is 17.4. The van der Waals surface area contributed by atoms with Crippen LogP contribution in [0.1, 0.15) is 53.9 Å². The van der Waals surface area contributed by atoms with Crippen molar-refractivity contribution in [2.75, 3.05) is 11.9 Å². The number of halogens is 3. The number of rotatable bonds is 9. The van der Waals surface area contributed by atoms with Gasteiger partial charge < -0.3 is 15.2 Å². The van der Waals surface area contributed by atoms with Crippen LogP contribution in [-0.2, 0) is 16.0 Å². The number of ether oxygens (including phenoxy) is 1. The molecule has 3 rings (SSSR count). The van der Waals surface area contributed by atoms with Crippen molar-refractivity contribution < 1.29 is 37.4 Å². The second kappa shape index (κ2) is 10.6. The number of alkyl halides is 3. The van der Waals surface area contributed by atoms with Gasteiger partial charge in [0.05, 0.1) is 11.6 Å². The van der Waals surface area contributed by atoms with Crippen LogP contribution in [0.2, 0.25) is 0 Å². The number of ketones is 1. The highest BCUT2D eigenvalue weighted by Crippen LogP contribution is 2.32. The van der Waals surface area contributed by atoms with Crippen LogP contribution in [0, 0.1) is 0 Å². The first-order valence-electron chi connectivity index (χ1n) is 10.9. The summed E-state index contributed by atoms with van der Waals surface area (Å²) in [6.07, 6.45) is -2.68. The van der Waals surface area contributed by atoms with Crippen LogP contribution in [-0.4, -0.2) is 52.7 Å². The number of nitrogens with zero attached hydrogens (tertiary/aromatic N) is 1. The predicted molar refractivity (Wildman–Crippen MR) is 120 cm³/mol. The quantitative estimate of drug-likeness (QED) is 0.487. The summed E-state index contributed by atoms with van der Waals surface area (Å²) in [5, 5.41) is 12.6. The van der Waals surface area contributed by atoms with Crippen LogP contribution in [0.4, 0.5) is 18.2 Å². The van der Waals surface area contributed by atoms with Crippen molar-refractivity contribution in [3.8, 4) is 5.75 Å². The summed E-state index contributed by atoms with van der Waals surface area (Å²) in [5.74, 6) is -2.27. The van der Waals surface area contributed by atoms with Crippen molar-refractivity contribution >= 4 is 34.0 Å². The average Bonchev–Trinajstić information content (AvgIpc) is 3.40. The maximum Gasteiger partial charge on any atom is 0.573 e. The number of carboxylic acid groups (broad SMARTS) is 1. The fraction of sp³-hybridized carbons (Fsp3) is 0.435. The highest BCUT2D eigenvalue weighted by Gasteiger charge is 2.38. The Morgan fingerprint density at radius 1 is 1.24 bits per heavy atom. The monoisotopic (exact) mass is 498 g/mol. The number of hydrogen-bond donors (Lipinski definition) is 2. The fourth-order valence-corrected chi connectivity index (χ4v) is 5.03. The lowest BCUT2D eigenvalue weighted by atomic mass is 10.0. The van der Waals surface area contributed by atoms with E-state index in [9.17, 15) is 32.7 Å². The van der Waals surface area contributed by atoms with E-state index in [1.807, 2.05) is 6.92 Å². The average molecular weight is 499 g/mol. The summed E-state index contributed by atoms with van der Waals surface area (Å²) in [5.41, 5.74) is 0.369. The lowest BCUT2D eigenvalue weighted by molar-refractivity contribution is -0.274. The Balaban J connectivity index is 1.82. The summed E-state index contributed by atoms with van der Waals surface area (Å²) in [6, 6.07) is 4.82. The zero-order valence-corrected chi connectivity index (χ0v) is 19.5. The number of nitrogens with one attached hydrogen (secondary N) is 1. The van der Waals surface area contributed by atoms with E-state index >= 15 is 0 Å². The third-order valence-corrected chi connectivity index (χ3v) is 6.83. The Labute approximate surface area is 198 Å². The molecular formula is C23H25F3N2O5S. The number of amides is 1. The zero-order valence-electron chi connectivity index (χ0n) is 18.6. The molecule has 11 heteroatoms. The molecule has 1 aliphatic heterocycles. The Morgan fingerprint density at radius 3 is 2.47 bits per heavy atom. The molecule has 0 saturated carbocycles. The molecule has 2 atom stereocenters. The van der Waals surface area contributed by atoms with Crippen molar-refractivity contribution in [3.63, 3.8) is 0 Å². The van der Waals surface area contributed by atoms with E-state index in [0.717, 1.165) is 17.0 Å². The maximum atomic E-state index is 13.1. The Morgan fingerprint density at radius 2 is 1.91 bits per heavy atom. The van der Waals surface area contributed by atoms with Crippen molar-refractivity contribution in [2.45, 2.75) is 58.0 Å². The molecule has 0 radical (unpaired) electrons. The van der Waals surface area contributed by atoms with Crippen LogP contribution in [0.15, 0.2) is 30.3 Å². The number of aryl methyl sites for hydroxylation is 1. The van der Waals surface area contributed by atoms with Crippen LogP contribution in [0.5, 0.6) is 5.75 Å². The van der Waals surface area contributed by atoms with Gasteiger partial charge in [0.2, 0.25) is 5.91 Å². The highest BCUT2D eigenvalue weighted by atomic mass is 32.1. The van der Waals surface area contributed by atoms with Crippen LogP contribution >= 0.6 is 11.3 Å². The number of anilines is 1. The Hall–Kier alpha value is -2.92. The number of carboxylic acids is 1.